The standard InChI is InChI=1S/C12H19NO/c1-5-10(13)12-9(3)6-8(2)7-11(12)14-4/h6-7,10H,5,13H2,1-4H3. The molecule has 1 atom stereocenters. The van der Waals surface area contributed by atoms with Crippen molar-refractivity contribution in [2.24, 2.45) is 5.73 Å². The second-order valence-electron chi connectivity index (χ2n) is 3.71. The Bertz CT molecular complexity index is 320. The summed E-state index contributed by atoms with van der Waals surface area (Å²) in [5, 5.41) is 0. The molecule has 0 aliphatic rings. The predicted molar refractivity (Wildman–Crippen MR) is 59.7 cm³/mol. The van der Waals surface area contributed by atoms with Crippen LogP contribution in [-0.4, -0.2) is 7.11 Å². The van der Waals surface area contributed by atoms with E-state index in [4.69, 9.17) is 10.5 Å². The number of rotatable bonds is 3. The van der Waals surface area contributed by atoms with Crippen LogP contribution in [0, 0.1) is 13.8 Å². The van der Waals surface area contributed by atoms with Crippen molar-refractivity contribution in [3.05, 3.63) is 28.8 Å². The average Bonchev–Trinajstić information content (AvgIpc) is 2.15. The Morgan fingerprint density at radius 3 is 2.50 bits per heavy atom. The fourth-order valence-corrected chi connectivity index (χ4v) is 1.79. The molecule has 0 amide bonds. The smallest absolute Gasteiger partial charge is 0.124 e. The van der Waals surface area contributed by atoms with Gasteiger partial charge in [-0.25, -0.2) is 0 Å². The maximum atomic E-state index is 6.04. The van der Waals surface area contributed by atoms with Gasteiger partial charge in [0.15, 0.2) is 0 Å². The number of hydrogen-bond donors (Lipinski definition) is 1. The minimum absolute atomic E-state index is 0.0746. The van der Waals surface area contributed by atoms with Gasteiger partial charge in [0.05, 0.1) is 7.11 Å². The van der Waals surface area contributed by atoms with E-state index in [9.17, 15) is 0 Å². The third kappa shape index (κ3) is 2.07. The molecule has 2 nitrogen and oxygen atoms in total. The van der Waals surface area contributed by atoms with E-state index in [1.165, 1.54) is 11.1 Å². The molecule has 0 saturated carbocycles. The van der Waals surface area contributed by atoms with Gasteiger partial charge < -0.3 is 10.5 Å². The Kier molecular flexibility index (Phi) is 3.53. The van der Waals surface area contributed by atoms with E-state index in [0.29, 0.717) is 0 Å². The summed E-state index contributed by atoms with van der Waals surface area (Å²) in [6, 6.07) is 4.26. The maximum absolute atomic E-state index is 6.04. The van der Waals surface area contributed by atoms with E-state index in [1.54, 1.807) is 7.11 Å². The molecule has 0 aliphatic carbocycles. The van der Waals surface area contributed by atoms with Crippen LogP contribution in [0.3, 0.4) is 0 Å². The van der Waals surface area contributed by atoms with Crippen LogP contribution in [0.25, 0.3) is 0 Å². The normalized spacial score (nSPS) is 12.6. The number of aryl methyl sites for hydroxylation is 2. The maximum Gasteiger partial charge on any atom is 0.124 e. The Morgan fingerprint density at radius 1 is 1.36 bits per heavy atom. The molecule has 0 heterocycles. The summed E-state index contributed by atoms with van der Waals surface area (Å²) in [5.41, 5.74) is 9.61. The number of nitrogens with two attached hydrogens (primary N) is 1. The quantitative estimate of drug-likeness (QED) is 0.801. The zero-order chi connectivity index (χ0) is 10.7. The SMILES string of the molecule is CCC(N)c1c(C)cc(C)cc1OC. The lowest BCUT2D eigenvalue weighted by molar-refractivity contribution is 0.404. The lowest BCUT2D eigenvalue weighted by Crippen LogP contribution is -2.12. The van der Waals surface area contributed by atoms with Crippen molar-refractivity contribution in [3.63, 3.8) is 0 Å². The third-order valence-electron chi connectivity index (χ3n) is 2.52. The highest BCUT2D eigenvalue weighted by molar-refractivity contribution is 5.44. The Labute approximate surface area is 86.1 Å². The van der Waals surface area contributed by atoms with Gasteiger partial charge in [-0.05, 0) is 37.5 Å². The molecule has 0 aromatic heterocycles. The molecular formula is C12H19NO. The fraction of sp³-hybridized carbons (Fsp3) is 0.500. The van der Waals surface area contributed by atoms with Crippen molar-refractivity contribution in [1.82, 2.24) is 0 Å². The molecule has 1 rings (SSSR count). The summed E-state index contributed by atoms with van der Waals surface area (Å²) < 4.78 is 5.35. The van der Waals surface area contributed by atoms with Gasteiger partial charge in [-0.2, -0.15) is 0 Å². The van der Waals surface area contributed by atoms with Crippen molar-refractivity contribution in [1.29, 1.82) is 0 Å². The fourth-order valence-electron chi connectivity index (χ4n) is 1.79. The average molecular weight is 193 g/mol. The lowest BCUT2D eigenvalue weighted by atomic mass is 9.97. The van der Waals surface area contributed by atoms with Gasteiger partial charge >= 0.3 is 0 Å². The summed E-state index contributed by atoms with van der Waals surface area (Å²) in [4.78, 5) is 0. The van der Waals surface area contributed by atoms with E-state index in [1.807, 2.05) is 6.07 Å². The molecule has 2 heteroatoms. The first-order valence-corrected chi connectivity index (χ1v) is 5.00. The van der Waals surface area contributed by atoms with Gasteiger partial charge in [-0.1, -0.05) is 13.0 Å². The molecule has 0 aliphatic heterocycles. The van der Waals surface area contributed by atoms with E-state index < -0.39 is 0 Å². The van der Waals surface area contributed by atoms with Crippen molar-refractivity contribution < 1.29 is 4.74 Å². The zero-order valence-electron chi connectivity index (χ0n) is 9.42. The summed E-state index contributed by atoms with van der Waals surface area (Å²) in [5.74, 6) is 0.914. The van der Waals surface area contributed by atoms with Crippen LogP contribution in [0.2, 0.25) is 0 Å². The van der Waals surface area contributed by atoms with Crippen LogP contribution >= 0.6 is 0 Å². The van der Waals surface area contributed by atoms with Gasteiger partial charge in [0, 0.05) is 11.6 Å². The number of hydrogen-bond acceptors (Lipinski definition) is 2. The Balaban J connectivity index is 3.24. The molecule has 0 bridgehead atoms. The highest BCUT2D eigenvalue weighted by Gasteiger charge is 2.13. The topological polar surface area (TPSA) is 35.2 Å². The molecule has 78 valence electrons. The van der Waals surface area contributed by atoms with Gasteiger partial charge in [0.1, 0.15) is 5.75 Å². The van der Waals surface area contributed by atoms with Crippen LogP contribution in [0.15, 0.2) is 12.1 Å². The highest BCUT2D eigenvalue weighted by atomic mass is 16.5. The first kappa shape index (κ1) is 11.1. The molecule has 0 radical (unpaired) electrons. The van der Waals surface area contributed by atoms with Crippen molar-refractivity contribution in [2.75, 3.05) is 7.11 Å². The zero-order valence-corrected chi connectivity index (χ0v) is 9.42. The molecule has 0 spiro atoms. The van der Waals surface area contributed by atoms with Crippen molar-refractivity contribution >= 4 is 0 Å². The van der Waals surface area contributed by atoms with E-state index in [2.05, 4.69) is 26.8 Å². The highest BCUT2D eigenvalue weighted by Crippen LogP contribution is 2.30. The summed E-state index contributed by atoms with van der Waals surface area (Å²) >= 11 is 0. The van der Waals surface area contributed by atoms with Crippen LogP contribution in [-0.2, 0) is 0 Å². The monoisotopic (exact) mass is 193 g/mol. The lowest BCUT2D eigenvalue weighted by Gasteiger charge is -2.17. The molecule has 0 fully saturated rings. The van der Waals surface area contributed by atoms with E-state index in [-0.39, 0.29) is 6.04 Å². The van der Waals surface area contributed by atoms with Crippen LogP contribution in [0.4, 0.5) is 0 Å². The van der Waals surface area contributed by atoms with Gasteiger partial charge in [-0.3, -0.25) is 0 Å². The predicted octanol–water partition coefficient (Wildman–Crippen LogP) is 2.72. The van der Waals surface area contributed by atoms with Crippen LogP contribution < -0.4 is 10.5 Å². The summed E-state index contributed by atoms with van der Waals surface area (Å²) in [6.45, 7) is 6.24. The molecular weight excluding hydrogens is 174 g/mol. The molecule has 2 N–H and O–H groups in total. The Morgan fingerprint density at radius 2 is 2.00 bits per heavy atom. The molecule has 1 aromatic rings. The van der Waals surface area contributed by atoms with E-state index >= 15 is 0 Å². The number of benzene rings is 1. The second-order valence-corrected chi connectivity index (χ2v) is 3.71. The minimum atomic E-state index is 0.0746. The Hall–Kier alpha value is -1.02. The van der Waals surface area contributed by atoms with Gasteiger partial charge in [-0.15, -0.1) is 0 Å². The molecule has 0 saturated heterocycles. The van der Waals surface area contributed by atoms with Crippen molar-refractivity contribution in [3.8, 4) is 5.75 Å². The molecule has 14 heavy (non-hydrogen) atoms. The second kappa shape index (κ2) is 4.47. The largest absolute Gasteiger partial charge is 0.496 e. The van der Waals surface area contributed by atoms with Gasteiger partial charge in [0.25, 0.3) is 0 Å². The number of ether oxygens (including phenoxy) is 1. The first-order valence-electron chi connectivity index (χ1n) is 5.00. The van der Waals surface area contributed by atoms with Crippen LogP contribution in [0.5, 0.6) is 5.75 Å². The summed E-state index contributed by atoms with van der Waals surface area (Å²) in [6.07, 6.45) is 0.931. The van der Waals surface area contributed by atoms with E-state index in [0.717, 1.165) is 17.7 Å². The first-order chi connectivity index (χ1) is 6.60. The van der Waals surface area contributed by atoms with Gasteiger partial charge in [0.2, 0.25) is 0 Å². The number of methoxy groups -OCH3 is 1. The third-order valence-corrected chi connectivity index (χ3v) is 2.52. The minimum Gasteiger partial charge on any atom is -0.496 e. The molecule has 1 unspecified atom stereocenters. The van der Waals surface area contributed by atoms with Crippen LogP contribution in [0.1, 0.15) is 36.1 Å². The molecule has 1 aromatic carbocycles. The van der Waals surface area contributed by atoms with Crippen molar-refractivity contribution in [2.45, 2.75) is 33.2 Å². The summed E-state index contributed by atoms with van der Waals surface area (Å²) in [7, 11) is 1.69.